The molecular formula is C19H22N6O. The van der Waals surface area contributed by atoms with Crippen LogP contribution < -0.4 is 15.5 Å². The maximum atomic E-state index is 12.7. The van der Waals surface area contributed by atoms with Crippen molar-refractivity contribution in [1.29, 1.82) is 0 Å². The van der Waals surface area contributed by atoms with Crippen molar-refractivity contribution in [2.45, 2.75) is 13.8 Å². The molecule has 1 saturated heterocycles. The van der Waals surface area contributed by atoms with Gasteiger partial charge >= 0.3 is 0 Å². The second-order valence-electron chi connectivity index (χ2n) is 6.52. The Morgan fingerprint density at radius 2 is 2.00 bits per heavy atom. The third-order valence-electron chi connectivity index (χ3n) is 4.99. The monoisotopic (exact) mass is 350 g/mol. The highest BCUT2D eigenvalue weighted by molar-refractivity contribution is 6.08. The van der Waals surface area contributed by atoms with Crippen LogP contribution in [0, 0.1) is 13.8 Å². The number of amides is 1. The van der Waals surface area contributed by atoms with Gasteiger partial charge in [-0.1, -0.05) is 0 Å². The van der Waals surface area contributed by atoms with Crippen LogP contribution in [0.15, 0.2) is 36.8 Å². The fourth-order valence-corrected chi connectivity index (χ4v) is 3.37. The van der Waals surface area contributed by atoms with Crippen molar-refractivity contribution < 1.29 is 4.79 Å². The van der Waals surface area contributed by atoms with Crippen molar-refractivity contribution >= 4 is 22.9 Å². The van der Waals surface area contributed by atoms with E-state index in [1.54, 1.807) is 29.2 Å². The SMILES string of the molecule is Cc1c(NC(=O)c2cnn3cccnc23)ccc(N2CCNCC2)c1C. The van der Waals surface area contributed by atoms with E-state index in [1.807, 2.05) is 13.0 Å². The summed E-state index contributed by atoms with van der Waals surface area (Å²) in [6.45, 7) is 8.15. The molecular weight excluding hydrogens is 328 g/mol. The van der Waals surface area contributed by atoms with Gasteiger partial charge in [0.1, 0.15) is 5.56 Å². The quantitative estimate of drug-likeness (QED) is 0.756. The fourth-order valence-electron chi connectivity index (χ4n) is 3.37. The van der Waals surface area contributed by atoms with Gasteiger partial charge in [-0.05, 0) is 43.2 Å². The molecule has 26 heavy (non-hydrogen) atoms. The first kappa shape index (κ1) is 16.5. The molecule has 1 aliphatic rings. The Hall–Kier alpha value is -2.93. The number of nitrogens with zero attached hydrogens (tertiary/aromatic N) is 4. The zero-order chi connectivity index (χ0) is 18.1. The number of nitrogens with one attached hydrogen (secondary N) is 2. The maximum Gasteiger partial charge on any atom is 0.261 e. The molecule has 7 heteroatoms. The summed E-state index contributed by atoms with van der Waals surface area (Å²) in [5.41, 5.74) is 5.36. The fraction of sp³-hybridized carbons (Fsp3) is 0.316. The van der Waals surface area contributed by atoms with Gasteiger partial charge in [0.05, 0.1) is 6.20 Å². The second kappa shape index (κ2) is 6.76. The summed E-state index contributed by atoms with van der Waals surface area (Å²) in [4.78, 5) is 19.4. The highest BCUT2D eigenvalue weighted by Crippen LogP contribution is 2.29. The molecule has 0 bridgehead atoms. The van der Waals surface area contributed by atoms with Crippen LogP contribution in [-0.4, -0.2) is 46.7 Å². The molecule has 1 fully saturated rings. The molecule has 0 radical (unpaired) electrons. The van der Waals surface area contributed by atoms with Crippen LogP contribution in [0.5, 0.6) is 0 Å². The zero-order valence-electron chi connectivity index (χ0n) is 15.0. The maximum absolute atomic E-state index is 12.7. The lowest BCUT2D eigenvalue weighted by atomic mass is 10.0. The average molecular weight is 350 g/mol. The molecule has 0 saturated carbocycles. The normalized spacial score (nSPS) is 14.6. The van der Waals surface area contributed by atoms with Crippen molar-refractivity contribution in [2.75, 3.05) is 36.4 Å². The van der Waals surface area contributed by atoms with Crippen LogP contribution in [0.4, 0.5) is 11.4 Å². The van der Waals surface area contributed by atoms with Gasteiger partial charge < -0.3 is 15.5 Å². The number of piperazine rings is 1. The van der Waals surface area contributed by atoms with Crippen molar-refractivity contribution in [1.82, 2.24) is 19.9 Å². The Morgan fingerprint density at radius 1 is 1.19 bits per heavy atom. The van der Waals surface area contributed by atoms with Gasteiger partial charge in [0.15, 0.2) is 5.65 Å². The van der Waals surface area contributed by atoms with Crippen molar-refractivity contribution in [3.05, 3.63) is 53.5 Å². The molecule has 0 atom stereocenters. The summed E-state index contributed by atoms with van der Waals surface area (Å²) in [5.74, 6) is -0.198. The van der Waals surface area contributed by atoms with Crippen LogP contribution in [0.2, 0.25) is 0 Å². The van der Waals surface area contributed by atoms with Gasteiger partial charge in [0, 0.05) is 49.9 Å². The Labute approximate surface area is 152 Å². The number of hydrogen-bond acceptors (Lipinski definition) is 5. The number of carbonyl (C=O) groups excluding carboxylic acids is 1. The summed E-state index contributed by atoms with van der Waals surface area (Å²) in [6, 6.07) is 5.86. The van der Waals surface area contributed by atoms with E-state index in [0.717, 1.165) is 37.4 Å². The summed E-state index contributed by atoms with van der Waals surface area (Å²) in [7, 11) is 0. The first-order valence-corrected chi connectivity index (χ1v) is 8.81. The van der Waals surface area contributed by atoms with E-state index in [9.17, 15) is 4.79 Å². The molecule has 3 aromatic rings. The summed E-state index contributed by atoms with van der Waals surface area (Å²) in [5, 5.41) is 10.6. The Balaban J connectivity index is 1.60. The van der Waals surface area contributed by atoms with Crippen LogP contribution in [-0.2, 0) is 0 Å². The van der Waals surface area contributed by atoms with Gasteiger partial charge in [0.25, 0.3) is 5.91 Å². The number of anilines is 2. The standard InChI is InChI=1S/C19H22N6O/c1-13-14(2)17(24-10-7-20-8-11-24)5-4-16(13)23-19(26)15-12-22-25-9-3-6-21-18(15)25/h3-6,9,12,20H,7-8,10-11H2,1-2H3,(H,23,26). The highest BCUT2D eigenvalue weighted by Gasteiger charge is 2.18. The predicted molar refractivity (Wildman–Crippen MR) is 102 cm³/mol. The van der Waals surface area contributed by atoms with Crippen molar-refractivity contribution in [3.8, 4) is 0 Å². The van der Waals surface area contributed by atoms with E-state index in [1.165, 1.54) is 11.3 Å². The third kappa shape index (κ3) is 2.90. The van der Waals surface area contributed by atoms with Crippen molar-refractivity contribution in [2.24, 2.45) is 0 Å². The van der Waals surface area contributed by atoms with Crippen LogP contribution in [0.25, 0.3) is 5.65 Å². The van der Waals surface area contributed by atoms with Gasteiger partial charge in [0.2, 0.25) is 0 Å². The number of carbonyl (C=O) groups is 1. The predicted octanol–water partition coefficient (Wildman–Crippen LogP) is 2.01. The molecule has 0 aliphatic carbocycles. The molecule has 1 aliphatic heterocycles. The van der Waals surface area contributed by atoms with Crippen LogP contribution >= 0.6 is 0 Å². The van der Waals surface area contributed by atoms with Crippen LogP contribution in [0.1, 0.15) is 21.5 Å². The van der Waals surface area contributed by atoms with E-state index in [2.05, 4.69) is 38.6 Å². The summed E-state index contributed by atoms with van der Waals surface area (Å²) >= 11 is 0. The highest BCUT2D eigenvalue weighted by atomic mass is 16.1. The molecule has 0 unspecified atom stereocenters. The van der Waals surface area contributed by atoms with Gasteiger partial charge in [-0.2, -0.15) is 5.10 Å². The minimum Gasteiger partial charge on any atom is -0.369 e. The van der Waals surface area contributed by atoms with Crippen LogP contribution in [0.3, 0.4) is 0 Å². The lowest BCUT2D eigenvalue weighted by molar-refractivity contribution is 0.102. The topological polar surface area (TPSA) is 74.6 Å². The van der Waals surface area contributed by atoms with E-state index >= 15 is 0 Å². The van der Waals surface area contributed by atoms with Gasteiger partial charge in [-0.25, -0.2) is 9.50 Å². The lowest BCUT2D eigenvalue weighted by Gasteiger charge is -2.31. The van der Waals surface area contributed by atoms with E-state index in [0.29, 0.717) is 11.2 Å². The molecule has 2 aromatic heterocycles. The molecule has 7 nitrogen and oxygen atoms in total. The number of rotatable bonds is 3. The molecule has 4 rings (SSSR count). The number of fused-ring (bicyclic) bond motifs is 1. The minimum atomic E-state index is -0.198. The number of hydrogen-bond donors (Lipinski definition) is 2. The van der Waals surface area contributed by atoms with Gasteiger partial charge in [-0.3, -0.25) is 4.79 Å². The number of benzene rings is 1. The Morgan fingerprint density at radius 3 is 2.81 bits per heavy atom. The first-order chi connectivity index (χ1) is 12.6. The number of aromatic nitrogens is 3. The smallest absolute Gasteiger partial charge is 0.261 e. The Bertz CT molecular complexity index is 958. The summed E-state index contributed by atoms with van der Waals surface area (Å²) < 4.78 is 1.60. The second-order valence-corrected chi connectivity index (χ2v) is 6.52. The molecule has 0 spiro atoms. The van der Waals surface area contributed by atoms with E-state index in [4.69, 9.17) is 0 Å². The largest absolute Gasteiger partial charge is 0.369 e. The third-order valence-corrected chi connectivity index (χ3v) is 4.99. The molecule has 134 valence electrons. The molecule has 3 heterocycles. The minimum absolute atomic E-state index is 0.198. The van der Waals surface area contributed by atoms with E-state index in [-0.39, 0.29) is 5.91 Å². The molecule has 1 aromatic carbocycles. The summed E-state index contributed by atoms with van der Waals surface area (Å²) in [6.07, 6.45) is 4.98. The average Bonchev–Trinajstić information content (AvgIpc) is 3.10. The molecule has 2 N–H and O–H groups in total. The Kier molecular flexibility index (Phi) is 4.30. The lowest BCUT2D eigenvalue weighted by Crippen LogP contribution is -2.43. The van der Waals surface area contributed by atoms with Crippen molar-refractivity contribution in [3.63, 3.8) is 0 Å². The molecule has 1 amide bonds. The van der Waals surface area contributed by atoms with Gasteiger partial charge in [-0.15, -0.1) is 0 Å². The van der Waals surface area contributed by atoms with E-state index < -0.39 is 0 Å². The zero-order valence-corrected chi connectivity index (χ0v) is 15.0. The first-order valence-electron chi connectivity index (χ1n) is 8.81.